The van der Waals surface area contributed by atoms with Crippen LogP contribution < -0.4 is 16.2 Å². The summed E-state index contributed by atoms with van der Waals surface area (Å²) in [7, 11) is 0. The molecule has 0 bridgehead atoms. The van der Waals surface area contributed by atoms with E-state index in [1.165, 1.54) is 0 Å². The zero-order chi connectivity index (χ0) is 19.4. The maximum absolute atomic E-state index is 12.8. The van der Waals surface area contributed by atoms with Crippen LogP contribution in [-0.4, -0.2) is 21.5 Å². The van der Waals surface area contributed by atoms with Gasteiger partial charge < -0.3 is 5.32 Å². The quantitative estimate of drug-likeness (QED) is 0.298. The smallest absolute Gasteiger partial charge is 0.358 e. The number of anilines is 1. The van der Waals surface area contributed by atoms with Crippen LogP contribution in [0.15, 0.2) is 24.3 Å². The first-order chi connectivity index (χ1) is 11.4. The first-order valence-corrected chi connectivity index (χ1v) is 6.82. The van der Waals surface area contributed by atoms with Gasteiger partial charge >= 0.3 is 17.6 Å². The molecule has 136 valence electrons. The second-order valence-corrected chi connectivity index (χ2v) is 5.20. The molecular weight excluding hydrogens is 367 g/mol. The second-order valence-electron chi connectivity index (χ2n) is 4.79. The normalized spacial score (nSPS) is 10.7. The molecule has 25 heavy (non-hydrogen) atoms. The van der Waals surface area contributed by atoms with E-state index >= 15 is 0 Å². The summed E-state index contributed by atoms with van der Waals surface area (Å²) in [6.07, 6.45) is -4.99. The van der Waals surface area contributed by atoms with E-state index in [2.05, 4.69) is 22.7 Å². The largest absolute Gasteiger partial charge is 0.416 e. The molecule has 0 spiro atoms. The van der Waals surface area contributed by atoms with Crippen molar-refractivity contribution in [2.24, 2.45) is 0 Å². The van der Waals surface area contributed by atoms with Crippen molar-refractivity contribution in [3.8, 4) is 0 Å². The van der Waals surface area contributed by atoms with Gasteiger partial charge in [-0.15, -0.1) is 0 Å². The number of hydrogen-bond donors (Lipinski definition) is 3. The molecule has 0 amide bonds. The molecule has 0 unspecified atom stereocenters. The molecule has 0 atom stereocenters. The van der Waals surface area contributed by atoms with Crippen LogP contribution in [0.2, 0.25) is 0 Å². The van der Waals surface area contributed by atoms with Crippen LogP contribution >= 0.6 is 12.2 Å². The Morgan fingerprint density at radius 3 is 2.08 bits per heavy atom. The van der Waals surface area contributed by atoms with Crippen LogP contribution in [0.1, 0.15) is 12.5 Å². The van der Waals surface area contributed by atoms with Gasteiger partial charge in [0.1, 0.15) is 0 Å². The number of benzene rings is 1. The van der Waals surface area contributed by atoms with Gasteiger partial charge in [0.05, 0.1) is 15.4 Å². The van der Waals surface area contributed by atoms with E-state index in [0.29, 0.717) is 5.57 Å². The predicted octanol–water partition coefficient (Wildman–Crippen LogP) is 2.89. The SMILES string of the molecule is C=C(C)CNC(=S)NNc1c([N+](=O)[O-])cc(C(F)(F)F)cc1[N+](=O)[O-]. The van der Waals surface area contributed by atoms with Crippen molar-refractivity contribution in [2.75, 3.05) is 12.0 Å². The summed E-state index contributed by atoms with van der Waals surface area (Å²) in [6.45, 7) is 5.54. The van der Waals surface area contributed by atoms with Gasteiger partial charge in [-0.3, -0.25) is 31.1 Å². The molecule has 0 aliphatic heterocycles. The Balaban J connectivity index is 3.24. The molecule has 0 heterocycles. The fourth-order valence-corrected chi connectivity index (χ4v) is 1.71. The van der Waals surface area contributed by atoms with E-state index in [1.807, 2.05) is 0 Å². The first kappa shape index (κ1) is 20.1. The molecule has 1 aromatic carbocycles. The topological polar surface area (TPSA) is 122 Å². The fraction of sp³-hybridized carbons (Fsp3) is 0.250. The Hall–Kier alpha value is -2.96. The van der Waals surface area contributed by atoms with Crippen molar-refractivity contribution < 1.29 is 23.0 Å². The Morgan fingerprint density at radius 2 is 1.72 bits per heavy atom. The van der Waals surface area contributed by atoms with Gasteiger partial charge in [-0.05, 0) is 19.1 Å². The minimum Gasteiger partial charge on any atom is -0.358 e. The van der Waals surface area contributed by atoms with E-state index < -0.39 is 38.6 Å². The van der Waals surface area contributed by atoms with Gasteiger partial charge in [-0.2, -0.15) is 13.2 Å². The standard InChI is InChI=1S/C12H12F3N5O4S/c1-6(2)5-16-11(25)18-17-10-8(19(21)22)3-7(12(13,14)15)4-9(10)20(23)24/h3-4,17H,1,5H2,2H3,(H2,16,18,25). The highest BCUT2D eigenvalue weighted by Crippen LogP contribution is 2.40. The number of nitro groups is 2. The minimum absolute atomic E-state index is 0.0912. The maximum Gasteiger partial charge on any atom is 0.416 e. The molecule has 0 aliphatic rings. The Bertz CT molecular complexity index is 703. The highest BCUT2D eigenvalue weighted by molar-refractivity contribution is 7.80. The van der Waals surface area contributed by atoms with Gasteiger partial charge in [0.15, 0.2) is 5.11 Å². The summed E-state index contributed by atoms with van der Waals surface area (Å²) in [4.78, 5) is 19.7. The van der Waals surface area contributed by atoms with Crippen LogP contribution in [0.25, 0.3) is 0 Å². The third-order valence-electron chi connectivity index (χ3n) is 2.67. The van der Waals surface area contributed by atoms with E-state index in [4.69, 9.17) is 12.2 Å². The molecule has 0 fully saturated rings. The van der Waals surface area contributed by atoms with Gasteiger partial charge in [0.2, 0.25) is 5.69 Å². The lowest BCUT2D eigenvalue weighted by atomic mass is 10.1. The van der Waals surface area contributed by atoms with Crippen molar-refractivity contribution in [3.05, 3.63) is 50.1 Å². The molecule has 3 N–H and O–H groups in total. The van der Waals surface area contributed by atoms with Crippen molar-refractivity contribution >= 4 is 34.4 Å². The van der Waals surface area contributed by atoms with Crippen LogP contribution in [0, 0.1) is 20.2 Å². The van der Waals surface area contributed by atoms with Crippen molar-refractivity contribution in [1.29, 1.82) is 0 Å². The molecule has 0 aromatic heterocycles. The highest BCUT2D eigenvalue weighted by Gasteiger charge is 2.37. The summed E-state index contributed by atoms with van der Waals surface area (Å²) in [5.41, 5.74) is 0.527. The van der Waals surface area contributed by atoms with E-state index in [1.54, 1.807) is 6.92 Å². The lowest BCUT2D eigenvalue weighted by Crippen LogP contribution is -2.39. The molecule has 0 radical (unpaired) electrons. The lowest BCUT2D eigenvalue weighted by molar-refractivity contribution is -0.392. The summed E-state index contributed by atoms with van der Waals surface area (Å²) in [5.74, 6) is 0. The molecular formula is C12H12F3N5O4S. The lowest BCUT2D eigenvalue weighted by Gasteiger charge is -2.14. The average Bonchev–Trinajstić information content (AvgIpc) is 2.48. The van der Waals surface area contributed by atoms with Crippen LogP contribution in [0.4, 0.5) is 30.2 Å². The highest BCUT2D eigenvalue weighted by atomic mass is 32.1. The predicted molar refractivity (Wildman–Crippen MR) is 86.9 cm³/mol. The monoisotopic (exact) mass is 379 g/mol. The van der Waals surface area contributed by atoms with Gasteiger partial charge in [0, 0.05) is 18.7 Å². The molecule has 1 aromatic rings. The second kappa shape index (κ2) is 7.74. The van der Waals surface area contributed by atoms with Gasteiger partial charge in [-0.25, -0.2) is 0 Å². The Kier molecular flexibility index (Phi) is 6.22. The Labute approximate surface area is 144 Å². The number of hydrazine groups is 1. The molecule has 0 aliphatic carbocycles. The molecule has 9 nitrogen and oxygen atoms in total. The maximum atomic E-state index is 12.8. The van der Waals surface area contributed by atoms with Crippen molar-refractivity contribution in [2.45, 2.75) is 13.1 Å². The zero-order valence-electron chi connectivity index (χ0n) is 12.6. The third-order valence-corrected chi connectivity index (χ3v) is 2.92. The van der Waals surface area contributed by atoms with Crippen LogP contribution in [-0.2, 0) is 6.18 Å². The van der Waals surface area contributed by atoms with E-state index in [-0.39, 0.29) is 23.8 Å². The van der Waals surface area contributed by atoms with E-state index in [0.717, 1.165) is 0 Å². The first-order valence-electron chi connectivity index (χ1n) is 6.41. The zero-order valence-corrected chi connectivity index (χ0v) is 13.5. The third kappa shape index (κ3) is 5.56. The number of alkyl halides is 3. The van der Waals surface area contributed by atoms with Crippen molar-refractivity contribution in [1.82, 2.24) is 10.7 Å². The summed E-state index contributed by atoms with van der Waals surface area (Å²) in [6, 6.07) is 0.392. The minimum atomic E-state index is -4.99. The van der Waals surface area contributed by atoms with Crippen LogP contribution in [0.5, 0.6) is 0 Å². The summed E-state index contributed by atoms with van der Waals surface area (Å²) < 4.78 is 38.3. The van der Waals surface area contributed by atoms with Crippen molar-refractivity contribution in [3.63, 3.8) is 0 Å². The fourth-order valence-electron chi connectivity index (χ4n) is 1.59. The number of hydrogen-bond acceptors (Lipinski definition) is 6. The molecule has 1 rings (SSSR count). The number of nitrogens with zero attached hydrogens (tertiary/aromatic N) is 2. The van der Waals surface area contributed by atoms with E-state index in [9.17, 15) is 33.4 Å². The number of rotatable bonds is 6. The molecule has 13 heteroatoms. The van der Waals surface area contributed by atoms with Gasteiger partial charge in [0.25, 0.3) is 0 Å². The number of thiocarbonyl (C=S) groups is 1. The van der Waals surface area contributed by atoms with Gasteiger partial charge in [-0.1, -0.05) is 12.2 Å². The summed E-state index contributed by atoms with van der Waals surface area (Å²) >= 11 is 4.83. The Morgan fingerprint density at radius 1 is 1.24 bits per heavy atom. The number of nitro benzene ring substituents is 2. The van der Waals surface area contributed by atoms with Crippen LogP contribution in [0.3, 0.4) is 0 Å². The summed E-state index contributed by atoms with van der Waals surface area (Å²) in [5, 5.41) is 24.6. The number of halogens is 3. The average molecular weight is 379 g/mol. The molecule has 0 saturated carbocycles. The molecule has 0 saturated heterocycles. The number of nitrogens with one attached hydrogen (secondary N) is 3.